The molecule has 15 heteroatoms. The molecule has 3 aliphatic rings. The van der Waals surface area contributed by atoms with Crippen LogP contribution in [0.4, 0.5) is 24.7 Å². The fourth-order valence-corrected chi connectivity index (χ4v) is 8.02. The Hall–Kier alpha value is -5.70. The molecular weight excluding hydrogens is 687 g/mol. The molecule has 53 heavy (non-hydrogen) atoms. The van der Waals surface area contributed by atoms with E-state index in [9.17, 15) is 14.0 Å². The highest BCUT2D eigenvalue weighted by Gasteiger charge is 2.41. The number of carbonyl (C=O) groups excluding carboxylic acids is 1. The van der Waals surface area contributed by atoms with Crippen molar-refractivity contribution in [1.82, 2.24) is 33.8 Å². The summed E-state index contributed by atoms with van der Waals surface area (Å²) in [5.74, 6) is -0.957. The summed E-state index contributed by atoms with van der Waals surface area (Å²) in [6.07, 6.45) is 3.04. The number of amides is 1. The summed E-state index contributed by atoms with van der Waals surface area (Å²) in [6, 6.07) is 12.0. The molecule has 6 heterocycles. The highest BCUT2D eigenvalue weighted by molar-refractivity contribution is 5.95. The van der Waals surface area contributed by atoms with Crippen molar-refractivity contribution in [3.05, 3.63) is 94.4 Å². The van der Waals surface area contributed by atoms with Gasteiger partial charge in [0.2, 0.25) is 5.91 Å². The standard InChI is InChI=1S/C38H36F3N9O3/c1-20-43-30-13-22(40)11-26-29-5-4-6-34(45-29)44-23-14-33(38(52)46(2)18-25(53-3)19-47(20)36(26)30)48(17-23)32-15-35(51)49(24-8-9-24)37-27(32)16-42-50(37)31-10-7-21(39)12-28(31)41/h4-7,10-13,15-16,23-25,33H,8-9,14,17-19H2,1-3H3,(H,44,45)/t23-,25-,33-/m0/s1. The van der Waals surface area contributed by atoms with Crippen molar-refractivity contribution in [2.75, 3.05) is 37.5 Å². The van der Waals surface area contributed by atoms with E-state index >= 15 is 8.78 Å². The second-order valence-corrected chi connectivity index (χ2v) is 14.2. The zero-order valence-corrected chi connectivity index (χ0v) is 29.3. The molecule has 2 fully saturated rings. The zero-order valence-electron chi connectivity index (χ0n) is 29.3. The van der Waals surface area contributed by atoms with E-state index in [2.05, 4.69) is 15.4 Å². The van der Waals surface area contributed by atoms with Gasteiger partial charge in [0.15, 0.2) is 5.82 Å². The Morgan fingerprint density at radius 3 is 2.53 bits per heavy atom. The number of likely N-dealkylation sites (N-methyl/N-ethyl adjacent to an activating group) is 1. The predicted molar refractivity (Wildman–Crippen MR) is 193 cm³/mol. The Morgan fingerprint density at radius 2 is 1.75 bits per heavy atom. The first-order chi connectivity index (χ1) is 25.6. The number of nitrogens with one attached hydrogen (secondary N) is 1. The first kappa shape index (κ1) is 33.2. The summed E-state index contributed by atoms with van der Waals surface area (Å²) in [6.45, 7) is 2.74. The molecule has 2 aromatic carbocycles. The van der Waals surface area contributed by atoms with E-state index in [1.165, 1.54) is 28.9 Å². The van der Waals surface area contributed by atoms with Crippen molar-refractivity contribution >= 4 is 39.5 Å². The third kappa shape index (κ3) is 5.61. The molecule has 3 atom stereocenters. The first-order valence-corrected chi connectivity index (χ1v) is 17.6. The van der Waals surface area contributed by atoms with Gasteiger partial charge in [0.05, 0.1) is 46.6 Å². The molecule has 1 aliphatic carbocycles. The molecule has 2 aliphatic heterocycles. The van der Waals surface area contributed by atoms with Crippen molar-refractivity contribution in [2.24, 2.45) is 0 Å². The molecule has 0 unspecified atom stereocenters. The van der Waals surface area contributed by atoms with Gasteiger partial charge in [-0.2, -0.15) is 5.10 Å². The van der Waals surface area contributed by atoms with Gasteiger partial charge in [0.25, 0.3) is 5.56 Å². The maximum atomic E-state index is 15.2. The number of halogens is 3. The molecule has 1 saturated heterocycles. The highest BCUT2D eigenvalue weighted by Crippen LogP contribution is 2.40. The minimum atomic E-state index is -0.817. The summed E-state index contributed by atoms with van der Waals surface area (Å²) in [5, 5.41) is 8.58. The number of carbonyl (C=O) groups is 1. The number of methoxy groups -OCH3 is 1. The molecule has 1 saturated carbocycles. The lowest BCUT2D eigenvalue weighted by atomic mass is 10.1. The minimum absolute atomic E-state index is 0.00513. The zero-order chi connectivity index (χ0) is 36.7. The summed E-state index contributed by atoms with van der Waals surface area (Å²) in [4.78, 5) is 41.6. The number of fused-ring (bicyclic) bond motifs is 6. The molecule has 6 aromatic rings. The van der Waals surface area contributed by atoms with Crippen LogP contribution in [0.5, 0.6) is 0 Å². The number of rotatable bonds is 4. The van der Waals surface area contributed by atoms with Gasteiger partial charge in [-0.3, -0.25) is 14.2 Å². The van der Waals surface area contributed by atoms with Crippen LogP contribution >= 0.6 is 0 Å². The van der Waals surface area contributed by atoms with E-state index in [0.29, 0.717) is 64.6 Å². The molecule has 9 rings (SSSR count). The van der Waals surface area contributed by atoms with Gasteiger partial charge in [-0.05, 0) is 56.5 Å². The number of anilines is 2. The van der Waals surface area contributed by atoms with Crippen molar-refractivity contribution in [2.45, 2.75) is 57.0 Å². The van der Waals surface area contributed by atoms with Gasteiger partial charge in [-0.15, -0.1) is 0 Å². The Kier molecular flexibility index (Phi) is 7.80. The molecule has 1 N–H and O–H groups in total. The van der Waals surface area contributed by atoms with Crippen molar-refractivity contribution in [3.8, 4) is 16.9 Å². The molecule has 0 spiro atoms. The fourth-order valence-electron chi connectivity index (χ4n) is 8.02. The normalized spacial score (nSPS) is 20.6. The first-order valence-electron chi connectivity index (χ1n) is 17.6. The smallest absolute Gasteiger partial charge is 0.254 e. The molecule has 272 valence electrons. The van der Waals surface area contributed by atoms with Gasteiger partial charge < -0.3 is 24.4 Å². The molecule has 4 aromatic heterocycles. The number of nitrogens with zero attached hydrogens (tertiary/aromatic N) is 8. The van der Waals surface area contributed by atoms with E-state index in [4.69, 9.17) is 9.72 Å². The number of imidazole rings is 1. The van der Waals surface area contributed by atoms with Crippen LogP contribution in [-0.2, 0) is 16.1 Å². The van der Waals surface area contributed by atoms with Crippen LogP contribution in [0.25, 0.3) is 39.0 Å². The monoisotopic (exact) mass is 723 g/mol. The maximum absolute atomic E-state index is 15.2. The minimum Gasteiger partial charge on any atom is -0.378 e. The van der Waals surface area contributed by atoms with Crippen LogP contribution in [0.3, 0.4) is 0 Å². The van der Waals surface area contributed by atoms with Crippen molar-refractivity contribution in [1.29, 1.82) is 0 Å². The molecule has 12 nitrogen and oxygen atoms in total. The van der Waals surface area contributed by atoms with Gasteiger partial charge in [-0.1, -0.05) is 6.07 Å². The topological polar surface area (TPSA) is 115 Å². The summed E-state index contributed by atoms with van der Waals surface area (Å²) >= 11 is 0. The summed E-state index contributed by atoms with van der Waals surface area (Å²) < 4.78 is 55.0. The van der Waals surface area contributed by atoms with Gasteiger partial charge in [0.1, 0.15) is 40.7 Å². The second kappa shape index (κ2) is 12.5. The third-order valence-electron chi connectivity index (χ3n) is 10.6. The van der Waals surface area contributed by atoms with Crippen molar-refractivity contribution < 1.29 is 22.7 Å². The lowest BCUT2D eigenvalue weighted by molar-refractivity contribution is -0.132. The van der Waals surface area contributed by atoms with E-state index in [1.807, 2.05) is 34.6 Å². The number of aryl methyl sites for hydroxylation is 1. The Balaban J connectivity index is 1.18. The van der Waals surface area contributed by atoms with E-state index in [0.717, 1.165) is 30.5 Å². The largest absolute Gasteiger partial charge is 0.378 e. The number of benzene rings is 2. The average molecular weight is 724 g/mol. The van der Waals surface area contributed by atoms with Crippen molar-refractivity contribution in [3.63, 3.8) is 0 Å². The number of hydrogen-bond acceptors (Lipinski definition) is 8. The van der Waals surface area contributed by atoms with Gasteiger partial charge in [-0.25, -0.2) is 27.8 Å². The van der Waals surface area contributed by atoms with Crippen LogP contribution in [0.1, 0.15) is 31.1 Å². The van der Waals surface area contributed by atoms with Crippen LogP contribution in [-0.4, -0.2) is 85.1 Å². The molecule has 1 amide bonds. The lowest BCUT2D eigenvalue weighted by Crippen LogP contribution is -2.47. The number of pyridine rings is 2. The third-order valence-corrected chi connectivity index (χ3v) is 10.6. The van der Waals surface area contributed by atoms with Gasteiger partial charge >= 0.3 is 0 Å². The predicted octanol–water partition coefficient (Wildman–Crippen LogP) is 5.21. The summed E-state index contributed by atoms with van der Waals surface area (Å²) in [5.41, 5.74) is 2.91. The molecule has 4 bridgehead atoms. The number of aromatic nitrogens is 6. The number of hydrogen-bond donors (Lipinski definition) is 1. The fraction of sp³-hybridized carbons (Fsp3) is 0.342. The van der Waals surface area contributed by atoms with Crippen LogP contribution < -0.4 is 15.8 Å². The van der Waals surface area contributed by atoms with Crippen LogP contribution in [0, 0.1) is 24.4 Å². The quantitative estimate of drug-likeness (QED) is 0.264. The Morgan fingerprint density at radius 1 is 0.925 bits per heavy atom. The van der Waals surface area contributed by atoms with Crippen LogP contribution in [0.15, 0.2) is 65.6 Å². The highest BCUT2D eigenvalue weighted by atomic mass is 19.1. The van der Waals surface area contributed by atoms with Crippen LogP contribution in [0.2, 0.25) is 0 Å². The van der Waals surface area contributed by atoms with Gasteiger partial charge in [0, 0.05) is 63.1 Å². The van der Waals surface area contributed by atoms with E-state index < -0.39 is 29.6 Å². The average Bonchev–Trinajstić information content (AvgIpc) is 3.61. The second-order valence-electron chi connectivity index (χ2n) is 14.2. The Labute approximate surface area is 301 Å². The maximum Gasteiger partial charge on any atom is 0.254 e. The number of ether oxygens (including phenoxy) is 1. The molecule has 0 radical (unpaired) electrons. The Bertz CT molecular complexity index is 2510. The lowest BCUT2D eigenvalue weighted by Gasteiger charge is -2.31. The molecular formula is C38H36F3N9O3. The van der Waals surface area contributed by atoms with E-state index in [1.54, 1.807) is 29.8 Å². The van der Waals surface area contributed by atoms with E-state index in [-0.39, 0.29) is 35.8 Å². The summed E-state index contributed by atoms with van der Waals surface area (Å²) in [7, 11) is 3.32. The SMILES string of the molecule is CO[C@H]1CN(C)C(=O)[C@@H]2C[C@@H](CN2c2cc(=O)n(C3CC3)c3c2cnn3-c2ccc(F)cc2F)Nc2cccc(n2)-c2cc(F)cc3nc(C)n(c23)C1.